The predicted molar refractivity (Wildman–Crippen MR) is 76.8 cm³/mol. The molecule has 1 rings (SSSR count). The first kappa shape index (κ1) is 14.7. The molecule has 98 valence electrons. The number of nitrogens with zero attached hydrogens (tertiary/aromatic N) is 1. The van der Waals surface area contributed by atoms with Crippen LogP contribution >= 0.6 is 11.3 Å². The quantitative estimate of drug-likeness (QED) is 0.790. The maximum atomic E-state index is 4.78. The first-order valence-corrected chi connectivity index (χ1v) is 7.60. The SMILES string of the molecule is CCCCC(CC)(NCC)c1nc(C)c(C)s1. The van der Waals surface area contributed by atoms with E-state index in [-0.39, 0.29) is 5.54 Å². The lowest BCUT2D eigenvalue weighted by atomic mass is 9.90. The van der Waals surface area contributed by atoms with Gasteiger partial charge in [0.15, 0.2) is 0 Å². The Bertz CT molecular complexity index is 326. The molecule has 1 atom stereocenters. The first-order valence-electron chi connectivity index (χ1n) is 6.79. The Morgan fingerprint density at radius 3 is 2.35 bits per heavy atom. The number of aromatic nitrogens is 1. The fraction of sp³-hybridized carbons (Fsp3) is 0.786. The Morgan fingerprint density at radius 2 is 1.94 bits per heavy atom. The number of nitrogens with one attached hydrogen (secondary N) is 1. The van der Waals surface area contributed by atoms with Crippen molar-refractivity contribution >= 4 is 11.3 Å². The summed E-state index contributed by atoms with van der Waals surface area (Å²) in [5.41, 5.74) is 1.30. The zero-order valence-electron chi connectivity index (χ0n) is 11.9. The summed E-state index contributed by atoms with van der Waals surface area (Å²) in [6.07, 6.45) is 4.82. The van der Waals surface area contributed by atoms with Crippen molar-refractivity contribution in [1.82, 2.24) is 10.3 Å². The molecule has 1 unspecified atom stereocenters. The molecule has 17 heavy (non-hydrogen) atoms. The smallest absolute Gasteiger partial charge is 0.113 e. The molecule has 0 aromatic carbocycles. The van der Waals surface area contributed by atoms with E-state index in [1.54, 1.807) is 0 Å². The van der Waals surface area contributed by atoms with Gasteiger partial charge in [-0.25, -0.2) is 4.98 Å². The van der Waals surface area contributed by atoms with Crippen LogP contribution in [-0.2, 0) is 5.54 Å². The lowest BCUT2D eigenvalue weighted by Gasteiger charge is -2.32. The number of hydrogen-bond donors (Lipinski definition) is 1. The Kier molecular flexibility index (Phi) is 5.60. The molecule has 3 heteroatoms. The topological polar surface area (TPSA) is 24.9 Å². The van der Waals surface area contributed by atoms with Gasteiger partial charge in [0.25, 0.3) is 0 Å². The molecule has 1 N–H and O–H groups in total. The van der Waals surface area contributed by atoms with Crippen LogP contribution in [0.3, 0.4) is 0 Å². The largest absolute Gasteiger partial charge is 0.306 e. The minimum Gasteiger partial charge on any atom is -0.306 e. The lowest BCUT2D eigenvalue weighted by molar-refractivity contribution is 0.293. The Labute approximate surface area is 110 Å². The molecule has 0 radical (unpaired) electrons. The van der Waals surface area contributed by atoms with Gasteiger partial charge >= 0.3 is 0 Å². The highest BCUT2D eigenvalue weighted by Gasteiger charge is 2.32. The molecular formula is C14H26N2S. The van der Waals surface area contributed by atoms with Crippen LogP contribution in [0.1, 0.15) is 62.0 Å². The third kappa shape index (κ3) is 3.29. The van der Waals surface area contributed by atoms with Crippen molar-refractivity contribution < 1.29 is 0 Å². The van der Waals surface area contributed by atoms with Crippen molar-refractivity contribution in [3.63, 3.8) is 0 Å². The Morgan fingerprint density at radius 1 is 1.24 bits per heavy atom. The van der Waals surface area contributed by atoms with Gasteiger partial charge in [0.1, 0.15) is 5.01 Å². The van der Waals surface area contributed by atoms with Crippen molar-refractivity contribution in [1.29, 1.82) is 0 Å². The lowest BCUT2D eigenvalue weighted by Crippen LogP contribution is -2.41. The van der Waals surface area contributed by atoms with E-state index in [0.29, 0.717) is 0 Å². The summed E-state index contributed by atoms with van der Waals surface area (Å²) in [6, 6.07) is 0. The first-order chi connectivity index (χ1) is 8.09. The normalized spacial score (nSPS) is 14.9. The molecule has 0 fully saturated rings. The summed E-state index contributed by atoms with van der Waals surface area (Å²) in [6.45, 7) is 12.0. The van der Waals surface area contributed by atoms with E-state index < -0.39 is 0 Å². The predicted octanol–water partition coefficient (Wildman–Crippen LogP) is 4.16. The maximum absolute atomic E-state index is 4.78. The molecule has 1 aromatic heterocycles. The molecule has 0 aliphatic carbocycles. The van der Waals surface area contributed by atoms with Gasteiger partial charge in [-0.2, -0.15) is 0 Å². The third-order valence-corrected chi connectivity index (χ3v) is 4.79. The van der Waals surface area contributed by atoms with Gasteiger partial charge in [-0.15, -0.1) is 11.3 Å². The number of rotatable bonds is 7. The second-order valence-corrected chi connectivity index (χ2v) is 5.93. The Balaban J connectivity index is 3.02. The highest BCUT2D eigenvalue weighted by atomic mass is 32.1. The van der Waals surface area contributed by atoms with Crippen LogP contribution < -0.4 is 5.32 Å². The molecule has 2 nitrogen and oxygen atoms in total. The van der Waals surface area contributed by atoms with E-state index in [1.807, 2.05) is 11.3 Å². The number of hydrogen-bond acceptors (Lipinski definition) is 3. The van der Waals surface area contributed by atoms with Gasteiger partial charge in [-0.1, -0.05) is 33.6 Å². The van der Waals surface area contributed by atoms with Crippen LogP contribution in [0.4, 0.5) is 0 Å². The van der Waals surface area contributed by atoms with Gasteiger partial charge in [-0.3, -0.25) is 0 Å². The average Bonchev–Trinajstić information content (AvgIpc) is 2.65. The fourth-order valence-electron chi connectivity index (χ4n) is 2.22. The number of aryl methyl sites for hydroxylation is 2. The van der Waals surface area contributed by atoms with Crippen molar-refractivity contribution in [3.05, 3.63) is 15.6 Å². The molecule has 0 aliphatic rings. The molecule has 0 spiro atoms. The average molecular weight is 254 g/mol. The van der Waals surface area contributed by atoms with Crippen LogP contribution in [0.5, 0.6) is 0 Å². The van der Waals surface area contributed by atoms with E-state index in [0.717, 1.165) is 13.0 Å². The zero-order valence-corrected chi connectivity index (χ0v) is 12.7. The van der Waals surface area contributed by atoms with Gasteiger partial charge < -0.3 is 5.32 Å². The highest BCUT2D eigenvalue weighted by molar-refractivity contribution is 7.11. The van der Waals surface area contributed by atoms with Crippen molar-refractivity contribution in [2.45, 2.75) is 65.8 Å². The van der Waals surface area contributed by atoms with Crippen LogP contribution in [0, 0.1) is 13.8 Å². The van der Waals surface area contributed by atoms with Crippen molar-refractivity contribution in [2.75, 3.05) is 6.54 Å². The molecular weight excluding hydrogens is 228 g/mol. The van der Waals surface area contributed by atoms with E-state index in [1.165, 1.54) is 34.8 Å². The van der Waals surface area contributed by atoms with E-state index in [4.69, 9.17) is 4.98 Å². The van der Waals surface area contributed by atoms with Crippen LogP contribution in [0.15, 0.2) is 0 Å². The monoisotopic (exact) mass is 254 g/mol. The summed E-state index contributed by atoms with van der Waals surface area (Å²) < 4.78 is 0. The van der Waals surface area contributed by atoms with Crippen LogP contribution in [-0.4, -0.2) is 11.5 Å². The molecule has 1 aromatic rings. The van der Waals surface area contributed by atoms with E-state index in [2.05, 4.69) is 39.9 Å². The molecule has 0 bridgehead atoms. The van der Waals surface area contributed by atoms with Gasteiger partial charge in [0.2, 0.25) is 0 Å². The molecule has 0 saturated carbocycles. The van der Waals surface area contributed by atoms with E-state index in [9.17, 15) is 0 Å². The zero-order chi connectivity index (χ0) is 12.9. The number of thiazole rings is 1. The highest BCUT2D eigenvalue weighted by Crippen LogP contribution is 2.34. The number of unbranched alkanes of at least 4 members (excludes halogenated alkanes) is 1. The summed E-state index contributed by atoms with van der Waals surface area (Å²) >= 11 is 1.86. The minimum atomic E-state index is 0.106. The van der Waals surface area contributed by atoms with Gasteiger partial charge in [0.05, 0.1) is 11.2 Å². The summed E-state index contributed by atoms with van der Waals surface area (Å²) in [5.74, 6) is 0. The summed E-state index contributed by atoms with van der Waals surface area (Å²) in [7, 11) is 0. The molecule has 0 amide bonds. The standard InChI is InChI=1S/C14H26N2S/c1-6-9-10-14(7-2,15-8-3)13-16-11(4)12(5)17-13/h15H,6-10H2,1-5H3. The van der Waals surface area contributed by atoms with Crippen molar-refractivity contribution in [2.24, 2.45) is 0 Å². The molecule has 0 saturated heterocycles. The second-order valence-electron chi connectivity index (χ2n) is 4.73. The minimum absolute atomic E-state index is 0.106. The van der Waals surface area contributed by atoms with E-state index >= 15 is 0 Å². The van der Waals surface area contributed by atoms with Gasteiger partial charge in [-0.05, 0) is 33.2 Å². The third-order valence-electron chi connectivity index (χ3n) is 3.51. The maximum Gasteiger partial charge on any atom is 0.113 e. The van der Waals surface area contributed by atoms with Gasteiger partial charge in [0, 0.05) is 4.88 Å². The summed E-state index contributed by atoms with van der Waals surface area (Å²) in [4.78, 5) is 6.14. The second kappa shape index (κ2) is 6.50. The Hall–Kier alpha value is -0.410. The van der Waals surface area contributed by atoms with Crippen LogP contribution in [0.25, 0.3) is 0 Å². The summed E-state index contributed by atoms with van der Waals surface area (Å²) in [5, 5.41) is 4.97. The van der Waals surface area contributed by atoms with Crippen LogP contribution in [0.2, 0.25) is 0 Å². The molecule has 1 heterocycles. The molecule has 0 aliphatic heterocycles. The fourth-order valence-corrected chi connectivity index (χ4v) is 3.40. The van der Waals surface area contributed by atoms with Crippen molar-refractivity contribution in [3.8, 4) is 0 Å².